The van der Waals surface area contributed by atoms with Crippen molar-refractivity contribution in [3.63, 3.8) is 0 Å². The number of likely N-dealkylation sites (tertiary alicyclic amines) is 1. The van der Waals surface area contributed by atoms with Crippen molar-refractivity contribution < 1.29 is 28.9 Å². The summed E-state index contributed by atoms with van der Waals surface area (Å²) in [6.45, 7) is 13.9. The van der Waals surface area contributed by atoms with Crippen LogP contribution in [0, 0.1) is 0 Å². The van der Waals surface area contributed by atoms with E-state index in [-0.39, 0.29) is 17.4 Å². The summed E-state index contributed by atoms with van der Waals surface area (Å²) < 4.78 is 17.4. The van der Waals surface area contributed by atoms with Crippen LogP contribution in [0.1, 0.15) is 63.8 Å². The molecule has 2 aromatic carbocycles. The number of fused-ring (bicyclic) bond motifs is 1. The summed E-state index contributed by atoms with van der Waals surface area (Å²) in [5, 5.41) is 11.5. The van der Waals surface area contributed by atoms with E-state index in [1.54, 1.807) is 17.0 Å². The van der Waals surface area contributed by atoms with Gasteiger partial charge in [-0.25, -0.2) is 0 Å². The molecule has 39 heavy (non-hydrogen) atoms. The third-order valence-corrected chi connectivity index (χ3v) is 7.36. The highest BCUT2D eigenvalue weighted by atomic mass is 16.5. The highest BCUT2D eigenvalue weighted by Gasteiger charge is 2.46. The van der Waals surface area contributed by atoms with Crippen molar-refractivity contribution in [1.82, 2.24) is 9.80 Å². The molecule has 8 heteroatoms. The zero-order chi connectivity index (χ0) is 28.1. The van der Waals surface area contributed by atoms with Gasteiger partial charge in [-0.3, -0.25) is 9.59 Å². The smallest absolute Gasteiger partial charge is 0.295 e. The van der Waals surface area contributed by atoms with Crippen molar-refractivity contribution in [3.05, 3.63) is 58.7 Å². The molecule has 1 saturated heterocycles. The fourth-order valence-corrected chi connectivity index (χ4v) is 5.42. The minimum atomic E-state index is -0.750. The van der Waals surface area contributed by atoms with Gasteiger partial charge in [0, 0.05) is 18.5 Å². The van der Waals surface area contributed by atoms with E-state index in [0.717, 1.165) is 37.4 Å². The largest absolute Gasteiger partial charge is 0.507 e. The molecule has 1 amide bonds. The van der Waals surface area contributed by atoms with Crippen LogP contribution in [0.3, 0.4) is 0 Å². The van der Waals surface area contributed by atoms with Gasteiger partial charge in [-0.2, -0.15) is 0 Å². The summed E-state index contributed by atoms with van der Waals surface area (Å²) in [5.41, 5.74) is 2.23. The molecule has 0 aliphatic carbocycles. The number of amides is 1. The monoisotopic (exact) mass is 536 g/mol. The van der Waals surface area contributed by atoms with E-state index in [1.807, 2.05) is 45.0 Å². The highest BCUT2D eigenvalue weighted by Crippen LogP contribution is 2.43. The molecular weight excluding hydrogens is 496 g/mol. The van der Waals surface area contributed by atoms with Gasteiger partial charge in [0.1, 0.15) is 17.6 Å². The maximum Gasteiger partial charge on any atom is 0.295 e. The van der Waals surface area contributed by atoms with Gasteiger partial charge in [0.05, 0.1) is 24.8 Å². The zero-order valence-corrected chi connectivity index (χ0v) is 23.7. The van der Waals surface area contributed by atoms with Crippen molar-refractivity contribution in [3.8, 4) is 17.2 Å². The predicted molar refractivity (Wildman–Crippen MR) is 150 cm³/mol. The van der Waals surface area contributed by atoms with Gasteiger partial charge in [0.25, 0.3) is 11.7 Å². The molecular formula is C31H40N2O6. The summed E-state index contributed by atoms with van der Waals surface area (Å²) in [4.78, 5) is 30.8. The third kappa shape index (κ3) is 5.91. The molecule has 1 fully saturated rings. The maximum absolute atomic E-state index is 13.5. The molecule has 0 unspecified atom stereocenters. The van der Waals surface area contributed by atoms with E-state index in [4.69, 9.17) is 14.2 Å². The van der Waals surface area contributed by atoms with Gasteiger partial charge >= 0.3 is 0 Å². The Morgan fingerprint density at radius 1 is 1.03 bits per heavy atom. The Morgan fingerprint density at radius 2 is 1.74 bits per heavy atom. The molecule has 0 bridgehead atoms. The second kappa shape index (κ2) is 12.6. The van der Waals surface area contributed by atoms with Crippen LogP contribution in [0.5, 0.6) is 17.2 Å². The number of nitrogens with zero attached hydrogens (tertiary/aromatic N) is 2. The number of hydrogen-bond donors (Lipinski definition) is 1. The molecule has 210 valence electrons. The Balaban J connectivity index is 1.78. The summed E-state index contributed by atoms with van der Waals surface area (Å²) >= 11 is 0. The summed E-state index contributed by atoms with van der Waals surface area (Å²) in [6, 6.07) is 10.1. The summed E-state index contributed by atoms with van der Waals surface area (Å²) in [6.07, 6.45) is 1.47. The van der Waals surface area contributed by atoms with E-state index >= 15 is 0 Å². The number of ether oxygens (including phenoxy) is 3. The Hall–Kier alpha value is -3.52. The molecule has 2 aromatic rings. The van der Waals surface area contributed by atoms with Crippen LogP contribution >= 0.6 is 0 Å². The zero-order valence-electron chi connectivity index (χ0n) is 23.7. The average molecular weight is 537 g/mol. The Kier molecular flexibility index (Phi) is 9.17. The maximum atomic E-state index is 13.5. The average Bonchev–Trinajstić information content (AvgIpc) is 3.42. The van der Waals surface area contributed by atoms with Gasteiger partial charge in [0.15, 0.2) is 11.5 Å². The first-order chi connectivity index (χ1) is 18.8. The fraction of sp³-hybridized carbons (Fsp3) is 0.484. The number of hydrogen-bond acceptors (Lipinski definition) is 7. The van der Waals surface area contributed by atoms with Gasteiger partial charge in [-0.1, -0.05) is 19.9 Å². The number of carbonyl (C=O) groups is 2. The third-order valence-electron chi connectivity index (χ3n) is 7.36. The molecule has 4 rings (SSSR count). The van der Waals surface area contributed by atoms with E-state index in [9.17, 15) is 14.7 Å². The number of ketones is 1. The first kappa shape index (κ1) is 28.5. The number of aliphatic hydroxyl groups excluding tert-OH is 1. The van der Waals surface area contributed by atoms with Crippen LogP contribution in [-0.2, 0) is 16.0 Å². The Morgan fingerprint density at radius 3 is 2.44 bits per heavy atom. The lowest BCUT2D eigenvalue weighted by atomic mass is 9.94. The number of benzene rings is 2. The van der Waals surface area contributed by atoms with Crippen molar-refractivity contribution in [2.24, 2.45) is 0 Å². The normalized spacial score (nSPS) is 19.9. The predicted octanol–water partition coefficient (Wildman–Crippen LogP) is 4.96. The van der Waals surface area contributed by atoms with Gasteiger partial charge in [-0.15, -0.1) is 0 Å². The molecule has 8 nitrogen and oxygen atoms in total. The van der Waals surface area contributed by atoms with Crippen LogP contribution in [-0.4, -0.2) is 72.1 Å². The Labute approximate surface area is 231 Å². The van der Waals surface area contributed by atoms with Crippen LogP contribution in [0.25, 0.3) is 5.76 Å². The second-order valence-corrected chi connectivity index (χ2v) is 9.90. The van der Waals surface area contributed by atoms with E-state index in [1.165, 1.54) is 0 Å². The van der Waals surface area contributed by atoms with Gasteiger partial charge in [0.2, 0.25) is 0 Å². The first-order valence-electron chi connectivity index (χ1n) is 14.0. The topological polar surface area (TPSA) is 88.5 Å². The van der Waals surface area contributed by atoms with Crippen molar-refractivity contribution >= 4 is 17.4 Å². The molecule has 0 saturated carbocycles. The SMILES string of the molecule is CCOc1ccc([C@H]2/C(=C(\O)c3ccc4c(c3)C[C@H](C)O4)C(=O)C(=O)N2CCCN(CC)CC)cc1OCC. The molecule has 2 heterocycles. The highest BCUT2D eigenvalue weighted by molar-refractivity contribution is 6.46. The lowest BCUT2D eigenvalue weighted by Gasteiger charge is -2.27. The molecule has 0 spiro atoms. The number of rotatable bonds is 12. The van der Waals surface area contributed by atoms with E-state index < -0.39 is 17.7 Å². The molecule has 0 radical (unpaired) electrons. The summed E-state index contributed by atoms with van der Waals surface area (Å²) in [5.74, 6) is 0.436. The van der Waals surface area contributed by atoms with Crippen LogP contribution in [0.15, 0.2) is 42.0 Å². The van der Waals surface area contributed by atoms with Crippen LogP contribution in [0.4, 0.5) is 0 Å². The van der Waals surface area contributed by atoms with Crippen molar-refractivity contribution in [2.45, 2.75) is 59.6 Å². The van der Waals surface area contributed by atoms with Crippen molar-refractivity contribution in [2.75, 3.05) is 39.4 Å². The van der Waals surface area contributed by atoms with Crippen molar-refractivity contribution in [1.29, 1.82) is 0 Å². The number of Topliss-reactive ketones (excluding diaryl/α,β-unsaturated/α-hetero) is 1. The second-order valence-electron chi connectivity index (χ2n) is 9.90. The minimum absolute atomic E-state index is 0.0506. The van der Waals surface area contributed by atoms with Gasteiger partial charge < -0.3 is 29.1 Å². The molecule has 2 atom stereocenters. The molecule has 1 N–H and O–H groups in total. The fourth-order valence-electron chi connectivity index (χ4n) is 5.42. The minimum Gasteiger partial charge on any atom is -0.507 e. The molecule has 2 aliphatic rings. The first-order valence-corrected chi connectivity index (χ1v) is 14.0. The van der Waals surface area contributed by atoms with Gasteiger partial charge in [-0.05, 0) is 88.3 Å². The number of aliphatic hydroxyl groups is 1. The Bertz CT molecular complexity index is 1240. The lowest BCUT2D eigenvalue weighted by molar-refractivity contribution is -0.140. The molecule has 0 aromatic heterocycles. The number of carbonyl (C=O) groups excluding carboxylic acids is 2. The van der Waals surface area contributed by atoms with E-state index in [0.29, 0.717) is 48.8 Å². The quantitative estimate of drug-likeness (QED) is 0.233. The lowest BCUT2D eigenvalue weighted by Crippen LogP contribution is -2.33. The van der Waals surface area contributed by atoms with E-state index in [2.05, 4.69) is 18.7 Å². The standard InChI is InChI=1S/C31H40N2O6/c1-6-32(7-2)15-10-16-33-28(21-11-14-25(37-8-3)26(19-21)38-9-4)27(30(35)31(33)36)29(34)22-12-13-24-23(18-22)17-20(5)39-24/h11-14,18-20,28,34H,6-10,15-17H2,1-5H3/b29-27+/t20-,28-/m0/s1. The van der Waals surface area contributed by atoms with Crippen LogP contribution < -0.4 is 14.2 Å². The molecule has 2 aliphatic heterocycles. The summed E-state index contributed by atoms with van der Waals surface area (Å²) in [7, 11) is 0. The van der Waals surface area contributed by atoms with Crippen LogP contribution in [0.2, 0.25) is 0 Å².